The summed E-state index contributed by atoms with van der Waals surface area (Å²) in [7, 11) is 1.65. The Morgan fingerprint density at radius 2 is 1.83 bits per heavy atom. The van der Waals surface area contributed by atoms with Crippen LogP contribution in [0.2, 0.25) is 0 Å². The molecule has 100 valence electrons. The minimum atomic E-state index is -0.860. The van der Waals surface area contributed by atoms with E-state index in [4.69, 9.17) is 11.5 Å². The highest BCUT2D eigenvalue weighted by molar-refractivity contribution is 5.87. The molecule has 1 aromatic carbocycles. The number of likely N-dealkylation sites (N-methyl/N-ethyl adjacent to an activating group) is 1. The lowest BCUT2D eigenvalue weighted by Gasteiger charge is -2.20. The SMILES string of the molecule is CN(Cc1ccccc1)C(=O)C(N)CC(N)=O.Cl. The average molecular weight is 272 g/mol. The maximum absolute atomic E-state index is 11.8. The van der Waals surface area contributed by atoms with Crippen LogP contribution in [-0.4, -0.2) is 29.8 Å². The van der Waals surface area contributed by atoms with Crippen LogP contribution in [0.5, 0.6) is 0 Å². The topological polar surface area (TPSA) is 89.4 Å². The third-order valence-corrected chi connectivity index (χ3v) is 2.38. The highest BCUT2D eigenvalue weighted by atomic mass is 35.5. The van der Waals surface area contributed by atoms with Crippen molar-refractivity contribution in [3.05, 3.63) is 35.9 Å². The Morgan fingerprint density at radius 3 is 2.33 bits per heavy atom. The monoisotopic (exact) mass is 271 g/mol. The first-order valence-corrected chi connectivity index (χ1v) is 5.33. The number of hydrogen-bond acceptors (Lipinski definition) is 3. The number of nitrogens with zero attached hydrogens (tertiary/aromatic N) is 1. The third-order valence-electron chi connectivity index (χ3n) is 2.38. The fourth-order valence-electron chi connectivity index (χ4n) is 1.52. The lowest BCUT2D eigenvalue weighted by Crippen LogP contribution is -2.43. The summed E-state index contributed by atoms with van der Waals surface area (Å²) in [5.74, 6) is -0.855. The first-order chi connectivity index (χ1) is 8.00. The zero-order valence-electron chi connectivity index (χ0n) is 10.2. The predicted octanol–water partition coefficient (Wildman–Crippen LogP) is 0.270. The van der Waals surface area contributed by atoms with E-state index in [0.717, 1.165) is 5.56 Å². The first kappa shape index (κ1) is 16.4. The molecule has 0 saturated carbocycles. The largest absolute Gasteiger partial charge is 0.370 e. The predicted molar refractivity (Wildman–Crippen MR) is 72.0 cm³/mol. The number of nitrogens with two attached hydrogens (primary N) is 2. The van der Waals surface area contributed by atoms with Gasteiger partial charge in [-0.05, 0) is 5.56 Å². The number of primary amides is 1. The molecule has 0 bridgehead atoms. The lowest BCUT2D eigenvalue weighted by atomic mass is 10.1. The summed E-state index contributed by atoms with van der Waals surface area (Å²) in [6.07, 6.45) is -0.127. The van der Waals surface area contributed by atoms with E-state index in [1.54, 1.807) is 7.05 Å². The second-order valence-corrected chi connectivity index (χ2v) is 3.96. The highest BCUT2D eigenvalue weighted by Crippen LogP contribution is 2.04. The highest BCUT2D eigenvalue weighted by Gasteiger charge is 2.19. The van der Waals surface area contributed by atoms with Crippen molar-refractivity contribution >= 4 is 24.2 Å². The van der Waals surface area contributed by atoms with Gasteiger partial charge in [0.1, 0.15) is 0 Å². The summed E-state index contributed by atoms with van der Waals surface area (Å²) < 4.78 is 0. The Balaban J connectivity index is 0.00000289. The van der Waals surface area contributed by atoms with Crippen molar-refractivity contribution < 1.29 is 9.59 Å². The van der Waals surface area contributed by atoms with Gasteiger partial charge >= 0.3 is 0 Å². The molecule has 0 aliphatic heterocycles. The fraction of sp³-hybridized carbons (Fsp3) is 0.333. The molecule has 1 unspecified atom stereocenters. The van der Waals surface area contributed by atoms with Crippen LogP contribution in [0.3, 0.4) is 0 Å². The van der Waals surface area contributed by atoms with E-state index in [2.05, 4.69) is 0 Å². The maximum atomic E-state index is 11.8. The van der Waals surface area contributed by atoms with Gasteiger partial charge in [-0.15, -0.1) is 12.4 Å². The fourth-order valence-corrected chi connectivity index (χ4v) is 1.52. The van der Waals surface area contributed by atoms with Crippen molar-refractivity contribution in [2.45, 2.75) is 19.0 Å². The molecule has 1 atom stereocenters. The normalized spacial score (nSPS) is 11.2. The molecule has 1 rings (SSSR count). The van der Waals surface area contributed by atoms with Crippen LogP contribution in [0.25, 0.3) is 0 Å². The van der Waals surface area contributed by atoms with Crippen molar-refractivity contribution in [3.63, 3.8) is 0 Å². The Morgan fingerprint density at radius 1 is 1.28 bits per heavy atom. The third kappa shape index (κ3) is 5.16. The van der Waals surface area contributed by atoms with Crippen molar-refractivity contribution in [1.29, 1.82) is 0 Å². The molecule has 0 aliphatic carbocycles. The van der Waals surface area contributed by atoms with Gasteiger partial charge in [0.2, 0.25) is 11.8 Å². The van der Waals surface area contributed by atoms with Gasteiger partial charge in [-0.1, -0.05) is 30.3 Å². The van der Waals surface area contributed by atoms with Crippen LogP contribution < -0.4 is 11.5 Å². The minimum Gasteiger partial charge on any atom is -0.370 e. The van der Waals surface area contributed by atoms with Gasteiger partial charge in [0.25, 0.3) is 0 Å². The van der Waals surface area contributed by atoms with E-state index in [1.165, 1.54) is 4.90 Å². The molecule has 4 N–H and O–H groups in total. The molecule has 18 heavy (non-hydrogen) atoms. The molecule has 0 radical (unpaired) electrons. The summed E-state index contributed by atoms with van der Waals surface area (Å²) in [6.45, 7) is 0.464. The number of rotatable bonds is 5. The van der Waals surface area contributed by atoms with Crippen LogP contribution in [0.15, 0.2) is 30.3 Å². The van der Waals surface area contributed by atoms with Crippen LogP contribution in [-0.2, 0) is 16.1 Å². The zero-order valence-corrected chi connectivity index (χ0v) is 11.0. The Labute approximate surface area is 113 Å². The van der Waals surface area contributed by atoms with Crippen molar-refractivity contribution in [1.82, 2.24) is 4.90 Å². The van der Waals surface area contributed by atoms with Crippen molar-refractivity contribution in [3.8, 4) is 0 Å². The van der Waals surface area contributed by atoms with E-state index in [0.29, 0.717) is 6.54 Å². The Kier molecular flexibility index (Phi) is 7.00. The maximum Gasteiger partial charge on any atom is 0.240 e. The summed E-state index contributed by atoms with van der Waals surface area (Å²) in [4.78, 5) is 23.9. The van der Waals surface area contributed by atoms with Gasteiger partial charge in [-0.2, -0.15) is 0 Å². The average Bonchev–Trinajstić information content (AvgIpc) is 2.28. The molecule has 2 amide bonds. The smallest absolute Gasteiger partial charge is 0.240 e. The zero-order chi connectivity index (χ0) is 12.8. The van der Waals surface area contributed by atoms with Gasteiger partial charge < -0.3 is 16.4 Å². The molecule has 0 heterocycles. The van der Waals surface area contributed by atoms with Crippen molar-refractivity contribution in [2.75, 3.05) is 7.05 Å². The van der Waals surface area contributed by atoms with Crippen LogP contribution >= 0.6 is 12.4 Å². The van der Waals surface area contributed by atoms with Gasteiger partial charge in [0.15, 0.2) is 0 Å². The number of halogens is 1. The number of carbonyl (C=O) groups is 2. The van der Waals surface area contributed by atoms with Crippen LogP contribution in [0.4, 0.5) is 0 Å². The van der Waals surface area contributed by atoms with E-state index in [1.807, 2.05) is 30.3 Å². The standard InChI is InChI=1S/C12H17N3O2.ClH/c1-15(8-9-5-3-2-4-6-9)12(17)10(13)7-11(14)16;/h2-6,10H,7-8,13H2,1H3,(H2,14,16);1H. The first-order valence-electron chi connectivity index (χ1n) is 5.33. The molecule has 0 fully saturated rings. The number of hydrogen-bond donors (Lipinski definition) is 2. The van der Waals surface area contributed by atoms with E-state index in [-0.39, 0.29) is 24.7 Å². The second kappa shape index (κ2) is 7.68. The molecule has 1 aromatic rings. The summed E-state index contributed by atoms with van der Waals surface area (Å²) >= 11 is 0. The van der Waals surface area contributed by atoms with Crippen LogP contribution in [0, 0.1) is 0 Å². The summed E-state index contributed by atoms with van der Waals surface area (Å²) in [6, 6.07) is 8.69. The second-order valence-electron chi connectivity index (χ2n) is 3.96. The quantitative estimate of drug-likeness (QED) is 0.805. The molecule has 6 heteroatoms. The van der Waals surface area contributed by atoms with Gasteiger partial charge in [0.05, 0.1) is 12.5 Å². The number of amides is 2. The summed E-state index contributed by atoms with van der Waals surface area (Å²) in [5, 5.41) is 0. The minimum absolute atomic E-state index is 0. The Bertz CT molecular complexity index is 398. The van der Waals surface area contributed by atoms with Crippen molar-refractivity contribution in [2.24, 2.45) is 11.5 Å². The number of benzene rings is 1. The number of carbonyl (C=O) groups excluding carboxylic acids is 2. The Hall–Kier alpha value is -1.59. The summed E-state index contributed by atoms with van der Waals surface area (Å²) in [5.41, 5.74) is 11.6. The molecule has 5 nitrogen and oxygen atoms in total. The molecular formula is C12H18ClN3O2. The van der Waals surface area contributed by atoms with Gasteiger partial charge in [-0.25, -0.2) is 0 Å². The molecular weight excluding hydrogens is 254 g/mol. The lowest BCUT2D eigenvalue weighted by molar-refractivity contribution is -0.133. The van der Waals surface area contributed by atoms with Gasteiger partial charge in [0, 0.05) is 13.6 Å². The molecule has 0 aliphatic rings. The molecule has 0 saturated heterocycles. The van der Waals surface area contributed by atoms with E-state index < -0.39 is 11.9 Å². The van der Waals surface area contributed by atoms with Gasteiger partial charge in [-0.3, -0.25) is 9.59 Å². The van der Waals surface area contributed by atoms with E-state index >= 15 is 0 Å². The van der Waals surface area contributed by atoms with E-state index in [9.17, 15) is 9.59 Å². The molecule has 0 spiro atoms. The molecule has 0 aromatic heterocycles. The van der Waals surface area contributed by atoms with Crippen LogP contribution in [0.1, 0.15) is 12.0 Å².